The molecule has 2 aromatic heterocycles. The number of fused-ring (bicyclic) bond motifs is 1. The van der Waals surface area contributed by atoms with Crippen molar-refractivity contribution in [1.82, 2.24) is 19.5 Å². The number of aromatic nitrogens is 3. The second kappa shape index (κ2) is 5.35. The number of hydrogen-bond acceptors (Lipinski definition) is 3. The minimum Gasteiger partial charge on any atom is -0.339 e. The van der Waals surface area contributed by atoms with Crippen molar-refractivity contribution >= 4 is 11.6 Å². The standard InChI is InChI=1S/C15H20N4O2/c1-10-3-6-12(7-4-10)18(2)14(20)11-5-8-13-16-17-15(21)19(13)9-11/h5,8-10,12H,3-4,6-7H2,1-2H3,(H,17,21). The molecular weight excluding hydrogens is 268 g/mol. The van der Waals surface area contributed by atoms with Crippen LogP contribution >= 0.6 is 0 Å². The van der Waals surface area contributed by atoms with Crippen molar-refractivity contribution in [3.63, 3.8) is 0 Å². The lowest BCUT2D eigenvalue weighted by Crippen LogP contribution is -2.39. The molecule has 1 amide bonds. The van der Waals surface area contributed by atoms with E-state index in [1.807, 2.05) is 11.9 Å². The van der Waals surface area contributed by atoms with Crippen molar-refractivity contribution in [2.75, 3.05) is 7.05 Å². The Morgan fingerprint density at radius 1 is 1.33 bits per heavy atom. The molecule has 2 heterocycles. The van der Waals surface area contributed by atoms with Crippen molar-refractivity contribution in [3.8, 4) is 0 Å². The average Bonchev–Trinajstić information content (AvgIpc) is 2.87. The topological polar surface area (TPSA) is 70.5 Å². The van der Waals surface area contributed by atoms with Crippen molar-refractivity contribution in [1.29, 1.82) is 0 Å². The van der Waals surface area contributed by atoms with Crippen LogP contribution in [0.25, 0.3) is 5.65 Å². The Kier molecular flexibility index (Phi) is 3.53. The van der Waals surface area contributed by atoms with Crippen LogP contribution in [0.15, 0.2) is 23.1 Å². The summed E-state index contributed by atoms with van der Waals surface area (Å²) in [5.41, 5.74) is 0.714. The van der Waals surface area contributed by atoms with E-state index in [1.54, 1.807) is 18.3 Å². The highest BCUT2D eigenvalue weighted by Crippen LogP contribution is 2.27. The highest BCUT2D eigenvalue weighted by Gasteiger charge is 2.25. The summed E-state index contributed by atoms with van der Waals surface area (Å²) < 4.78 is 1.37. The van der Waals surface area contributed by atoms with Gasteiger partial charge in [-0.25, -0.2) is 14.3 Å². The van der Waals surface area contributed by atoms with Gasteiger partial charge in [0.2, 0.25) is 0 Å². The van der Waals surface area contributed by atoms with Crippen molar-refractivity contribution in [2.24, 2.45) is 5.92 Å². The molecule has 0 aliphatic heterocycles. The van der Waals surface area contributed by atoms with Gasteiger partial charge in [-0.2, -0.15) is 5.10 Å². The molecule has 0 radical (unpaired) electrons. The van der Waals surface area contributed by atoms with E-state index in [2.05, 4.69) is 17.1 Å². The van der Waals surface area contributed by atoms with E-state index in [-0.39, 0.29) is 11.6 Å². The average molecular weight is 288 g/mol. The lowest BCUT2D eigenvalue weighted by Gasteiger charge is -2.33. The number of nitrogens with one attached hydrogen (secondary N) is 1. The molecule has 21 heavy (non-hydrogen) atoms. The normalized spacial score (nSPS) is 22.4. The lowest BCUT2D eigenvalue weighted by atomic mass is 9.86. The van der Waals surface area contributed by atoms with E-state index in [9.17, 15) is 9.59 Å². The summed E-state index contributed by atoms with van der Waals surface area (Å²) in [6, 6.07) is 3.70. The summed E-state index contributed by atoms with van der Waals surface area (Å²) in [7, 11) is 1.85. The zero-order valence-corrected chi connectivity index (χ0v) is 12.4. The Labute approximate surface area is 122 Å². The van der Waals surface area contributed by atoms with Gasteiger partial charge in [0, 0.05) is 19.3 Å². The van der Waals surface area contributed by atoms with Crippen LogP contribution in [0.5, 0.6) is 0 Å². The first-order valence-corrected chi connectivity index (χ1v) is 7.40. The van der Waals surface area contributed by atoms with Crippen LogP contribution in [0.1, 0.15) is 43.0 Å². The van der Waals surface area contributed by atoms with E-state index in [1.165, 1.54) is 17.2 Å². The molecule has 0 saturated heterocycles. The predicted molar refractivity (Wildman–Crippen MR) is 79.3 cm³/mol. The summed E-state index contributed by atoms with van der Waals surface area (Å²) in [6.45, 7) is 2.26. The Bertz CT molecular complexity index is 710. The summed E-state index contributed by atoms with van der Waals surface area (Å²) >= 11 is 0. The SMILES string of the molecule is CC1CCC(N(C)C(=O)c2ccc3n[nH]c(=O)n3c2)CC1. The molecule has 0 bridgehead atoms. The minimum atomic E-state index is -0.325. The fraction of sp³-hybridized carbons (Fsp3) is 0.533. The Hall–Kier alpha value is -2.11. The van der Waals surface area contributed by atoms with Gasteiger partial charge in [-0.05, 0) is 43.7 Å². The molecular formula is C15H20N4O2. The number of aromatic amines is 1. The zero-order chi connectivity index (χ0) is 15.0. The smallest absolute Gasteiger partial charge is 0.339 e. The van der Waals surface area contributed by atoms with Crippen LogP contribution in [-0.4, -0.2) is 38.5 Å². The third-order valence-corrected chi connectivity index (χ3v) is 4.51. The first kappa shape index (κ1) is 13.9. The maximum absolute atomic E-state index is 12.6. The van der Waals surface area contributed by atoms with Crippen LogP contribution in [0.4, 0.5) is 0 Å². The molecule has 2 aromatic rings. The maximum Gasteiger partial charge on any atom is 0.347 e. The molecule has 6 heteroatoms. The lowest BCUT2D eigenvalue weighted by molar-refractivity contribution is 0.0679. The van der Waals surface area contributed by atoms with Gasteiger partial charge in [0.05, 0.1) is 5.56 Å². The summed E-state index contributed by atoms with van der Waals surface area (Å²) in [5.74, 6) is 0.718. The molecule has 0 atom stereocenters. The molecule has 1 aliphatic rings. The number of H-pyrrole nitrogens is 1. The number of carbonyl (C=O) groups is 1. The number of hydrogen-bond donors (Lipinski definition) is 1. The van der Waals surface area contributed by atoms with Gasteiger partial charge >= 0.3 is 5.69 Å². The number of rotatable bonds is 2. The van der Waals surface area contributed by atoms with E-state index in [0.717, 1.165) is 18.8 Å². The monoisotopic (exact) mass is 288 g/mol. The molecule has 0 unspecified atom stereocenters. The van der Waals surface area contributed by atoms with Crippen LogP contribution < -0.4 is 5.69 Å². The van der Waals surface area contributed by atoms with E-state index >= 15 is 0 Å². The fourth-order valence-corrected chi connectivity index (χ4v) is 3.03. The summed E-state index contributed by atoms with van der Waals surface area (Å²) in [6.07, 6.45) is 6.01. The third kappa shape index (κ3) is 2.57. The molecule has 1 N–H and O–H groups in total. The van der Waals surface area contributed by atoms with Crippen LogP contribution in [0, 0.1) is 5.92 Å². The second-order valence-electron chi connectivity index (χ2n) is 6.00. The zero-order valence-electron chi connectivity index (χ0n) is 12.4. The number of carbonyl (C=O) groups excluding carboxylic acids is 1. The summed E-state index contributed by atoms with van der Waals surface area (Å²) in [5, 5.41) is 6.23. The Morgan fingerprint density at radius 2 is 2.05 bits per heavy atom. The van der Waals surface area contributed by atoms with Crippen molar-refractivity contribution < 1.29 is 4.79 Å². The minimum absolute atomic E-state index is 0.0375. The van der Waals surface area contributed by atoms with E-state index in [0.29, 0.717) is 17.3 Å². The first-order valence-electron chi connectivity index (χ1n) is 7.40. The highest BCUT2D eigenvalue weighted by atomic mass is 16.2. The van der Waals surface area contributed by atoms with Crippen LogP contribution in [-0.2, 0) is 0 Å². The van der Waals surface area contributed by atoms with Gasteiger partial charge in [0.25, 0.3) is 5.91 Å². The van der Waals surface area contributed by atoms with E-state index in [4.69, 9.17) is 0 Å². The van der Waals surface area contributed by atoms with E-state index < -0.39 is 0 Å². The molecule has 0 spiro atoms. The molecule has 1 saturated carbocycles. The molecule has 112 valence electrons. The molecule has 6 nitrogen and oxygen atoms in total. The number of nitrogens with zero attached hydrogens (tertiary/aromatic N) is 3. The number of amides is 1. The summed E-state index contributed by atoms with van der Waals surface area (Å²) in [4.78, 5) is 26.0. The van der Waals surface area contributed by atoms with Crippen LogP contribution in [0.2, 0.25) is 0 Å². The molecule has 1 fully saturated rings. The Balaban J connectivity index is 1.82. The van der Waals surface area contributed by atoms with Gasteiger partial charge < -0.3 is 4.90 Å². The Morgan fingerprint density at radius 3 is 2.76 bits per heavy atom. The largest absolute Gasteiger partial charge is 0.347 e. The van der Waals surface area contributed by atoms with Crippen LogP contribution in [0.3, 0.4) is 0 Å². The molecule has 0 aromatic carbocycles. The van der Waals surface area contributed by atoms with Gasteiger partial charge in [-0.15, -0.1) is 0 Å². The fourth-order valence-electron chi connectivity index (χ4n) is 3.03. The quantitative estimate of drug-likeness (QED) is 0.914. The highest BCUT2D eigenvalue weighted by molar-refractivity contribution is 5.94. The number of pyridine rings is 1. The van der Waals surface area contributed by atoms with Gasteiger partial charge in [-0.3, -0.25) is 4.79 Å². The molecule has 1 aliphatic carbocycles. The molecule has 3 rings (SSSR count). The predicted octanol–water partition coefficient (Wildman–Crippen LogP) is 1.67. The first-order chi connectivity index (χ1) is 10.1. The van der Waals surface area contributed by atoms with Gasteiger partial charge in [-0.1, -0.05) is 6.92 Å². The van der Waals surface area contributed by atoms with Gasteiger partial charge in [0.15, 0.2) is 5.65 Å². The van der Waals surface area contributed by atoms with Gasteiger partial charge in [0.1, 0.15) is 0 Å². The maximum atomic E-state index is 12.6. The third-order valence-electron chi connectivity index (χ3n) is 4.51. The van der Waals surface area contributed by atoms with Crippen molar-refractivity contribution in [2.45, 2.75) is 38.6 Å². The van der Waals surface area contributed by atoms with Crippen molar-refractivity contribution in [3.05, 3.63) is 34.4 Å². The second-order valence-corrected chi connectivity index (χ2v) is 6.00.